The molecule has 4 aliphatic rings. The summed E-state index contributed by atoms with van der Waals surface area (Å²) in [7, 11) is 3.27. The molecule has 0 bridgehead atoms. The minimum absolute atomic E-state index is 0. The first-order valence-electron chi connectivity index (χ1n) is 25.0. The van der Waals surface area contributed by atoms with Crippen molar-refractivity contribution < 1.29 is 9.47 Å². The Balaban J connectivity index is 0.000000206. The molecule has 9 rings (SSSR count). The number of hydrogen-bond donors (Lipinski definition) is 7. The van der Waals surface area contributed by atoms with Crippen LogP contribution in [0.1, 0.15) is 116 Å². The van der Waals surface area contributed by atoms with Crippen LogP contribution in [0.15, 0.2) is 72.8 Å². The van der Waals surface area contributed by atoms with Gasteiger partial charge in [-0.2, -0.15) is 29.9 Å². The van der Waals surface area contributed by atoms with Crippen LogP contribution in [-0.4, -0.2) is 99.4 Å². The minimum Gasteiger partial charge on any atom is -0.497 e. The van der Waals surface area contributed by atoms with Crippen LogP contribution in [0.4, 0.5) is 47.1 Å². The molecule has 69 heavy (non-hydrogen) atoms. The molecular weight excluding hydrogens is 888 g/mol. The Kier molecular flexibility index (Phi) is 19.9. The van der Waals surface area contributed by atoms with E-state index in [-0.39, 0.29) is 7.43 Å². The first-order chi connectivity index (χ1) is 33.4. The first kappa shape index (κ1) is 51.1. The van der Waals surface area contributed by atoms with E-state index in [1.807, 2.05) is 42.5 Å². The van der Waals surface area contributed by atoms with Crippen molar-refractivity contribution in [2.45, 2.75) is 141 Å². The summed E-state index contributed by atoms with van der Waals surface area (Å²) < 4.78 is 10.5. The number of aromatic nitrogens is 6. The molecule has 0 spiro atoms. The maximum absolute atomic E-state index is 6.35. The Bertz CT molecular complexity index is 2260. The molecule has 4 heterocycles. The fourth-order valence-electron chi connectivity index (χ4n) is 9.42. The van der Waals surface area contributed by atoms with E-state index in [1.54, 1.807) is 14.2 Å². The van der Waals surface area contributed by atoms with Gasteiger partial charge in [-0.05, 0) is 112 Å². The molecule has 17 heteroatoms. The molecule has 7 N–H and O–H groups in total. The smallest absolute Gasteiger partial charge is 0.233 e. The summed E-state index contributed by atoms with van der Waals surface area (Å²) >= 11 is 6.35. The van der Waals surface area contributed by atoms with E-state index in [0.29, 0.717) is 70.6 Å². The fraction of sp³-hybridized carbons (Fsp3) is 0.538. The third-order valence-corrected chi connectivity index (χ3v) is 13.5. The lowest BCUT2D eigenvalue weighted by Gasteiger charge is -2.32. The molecule has 372 valence electrons. The predicted molar refractivity (Wildman–Crippen MR) is 282 cm³/mol. The Morgan fingerprint density at radius 1 is 0.522 bits per heavy atom. The van der Waals surface area contributed by atoms with Crippen LogP contribution >= 0.6 is 11.6 Å². The van der Waals surface area contributed by atoms with Gasteiger partial charge in [-0.3, -0.25) is 4.90 Å². The van der Waals surface area contributed by atoms with Crippen LogP contribution in [0, 0.1) is 0 Å². The summed E-state index contributed by atoms with van der Waals surface area (Å²) in [6.45, 7) is 5.12. The molecule has 3 aromatic carbocycles. The first-order valence-corrected chi connectivity index (χ1v) is 25.4. The zero-order valence-corrected chi connectivity index (χ0v) is 40.7. The third-order valence-electron chi connectivity index (χ3n) is 13.2. The van der Waals surface area contributed by atoms with Crippen LogP contribution in [0.25, 0.3) is 0 Å². The number of hydrogen-bond acceptors (Lipinski definition) is 16. The predicted octanol–water partition coefficient (Wildman–Crippen LogP) is 11.0. The van der Waals surface area contributed by atoms with Crippen LogP contribution in [0.2, 0.25) is 5.02 Å². The number of ether oxygens (including phenoxy) is 2. The summed E-state index contributed by atoms with van der Waals surface area (Å²) in [5, 5.41) is 24.8. The number of nitrogens with zero attached hydrogens (tertiary/aromatic N) is 7. The van der Waals surface area contributed by atoms with Gasteiger partial charge < -0.3 is 46.7 Å². The van der Waals surface area contributed by atoms with Gasteiger partial charge in [0, 0.05) is 55.2 Å². The van der Waals surface area contributed by atoms with Gasteiger partial charge in [0.15, 0.2) is 0 Å². The number of nitrogens with one attached hydrogen (secondary N) is 7. The highest BCUT2D eigenvalue weighted by Gasteiger charge is 2.23. The number of benzene rings is 3. The second kappa shape index (κ2) is 26.9. The van der Waals surface area contributed by atoms with Gasteiger partial charge in [0.1, 0.15) is 11.5 Å². The van der Waals surface area contributed by atoms with Gasteiger partial charge >= 0.3 is 0 Å². The molecule has 0 amide bonds. The SMILES string of the molecule is C.COc1ccc(Nc2nc(NC3CCCCCC3)nc(NC3CCN(Cc4ccccc4)CC3)n2)cc1Cl.COc1ccc(Nc2nc(NC3CCCCCC3)nc(NC3CCNCC3)n2)cc1. The molecule has 5 aromatic rings. The van der Waals surface area contributed by atoms with Crippen LogP contribution in [0.3, 0.4) is 0 Å². The summed E-state index contributed by atoms with van der Waals surface area (Å²) in [4.78, 5) is 30.7. The van der Waals surface area contributed by atoms with Gasteiger partial charge in [0.2, 0.25) is 35.7 Å². The number of rotatable bonds is 16. The van der Waals surface area contributed by atoms with E-state index in [0.717, 1.165) is 88.4 Å². The highest BCUT2D eigenvalue weighted by Crippen LogP contribution is 2.30. The maximum atomic E-state index is 6.35. The van der Waals surface area contributed by atoms with E-state index in [9.17, 15) is 0 Å². The van der Waals surface area contributed by atoms with Gasteiger partial charge in [-0.25, -0.2) is 0 Å². The number of methoxy groups -OCH3 is 2. The van der Waals surface area contributed by atoms with Crippen molar-refractivity contribution in [3.05, 3.63) is 83.4 Å². The Labute approximate surface area is 414 Å². The van der Waals surface area contributed by atoms with Crippen molar-refractivity contribution in [1.82, 2.24) is 40.1 Å². The standard InChI is InChI=1S/C29H38ClN7O.C22H33N7O.CH4/c1-38-26-14-13-24(19-25(26)30)33-29-35-27(31-22-11-7-2-3-8-12-22)34-28(36-29)32-23-15-17-37(18-16-23)20-21-9-5-4-6-10-21;1-30-19-10-8-17(9-11-19)25-21-27-20(24-16-6-4-2-3-5-7-16)28-22(29-21)26-18-12-14-23-15-13-18;/h4-6,9-10,13-14,19,22-23H,2-3,7-8,11-12,15-18,20H2,1H3,(H3,31,32,33,34,35,36);8-11,16,18,23H,2-7,12-15H2,1H3,(H3,24,25,26,27,28,29);1H4. The molecule has 2 saturated carbocycles. The minimum atomic E-state index is 0. The van der Waals surface area contributed by atoms with E-state index >= 15 is 0 Å². The maximum Gasteiger partial charge on any atom is 0.233 e. The average molecular weight is 964 g/mol. The second-order valence-electron chi connectivity index (χ2n) is 18.5. The topological polar surface area (TPSA) is 183 Å². The molecular formula is C52H75ClN14O2. The zero-order chi connectivity index (χ0) is 46.8. The van der Waals surface area contributed by atoms with Crippen molar-refractivity contribution in [2.24, 2.45) is 0 Å². The highest BCUT2D eigenvalue weighted by atomic mass is 35.5. The van der Waals surface area contributed by atoms with Crippen molar-refractivity contribution in [3.8, 4) is 11.5 Å². The van der Waals surface area contributed by atoms with Gasteiger partial charge in [0.25, 0.3) is 0 Å². The summed E-state index contributed by atoms with van der Waals surface area (Å²) in [5.74, 6) is 4.96. The largest absolute Gasteiger partial charge is 0.497 e. The number of anilines is 8. The lowest BCUT2D eigenvalue weighted by Crippen LogP contribution is -2.39. The molecule has 4 fully saturated rings. The molecule has 0 atom stereocenters. The molecule has 2 saturated heterocycles. The second-order valence-corrected chi connectivity index (χ2v) is 18.9. The van der Waals surface area contributed by atoms with Crippen LogP contribution in [-0.2, 0) is 6.54 Å². The Morgan fingerprint density at radius 3 is 1.45 bits per heavy atom. The monoisotopic (exact) mass is 963 g/mol. The zero-order valence-electron chi connectivity index (χ0n) is 39.9. The average Bonchev–Trinajstić information content (AvgIpc) is 3.78. The fourth-order valence-corrected chi connectivity index (χ4v) is 9.68. The summed E-state index contributed by atoms with van der Waals surface area (Å²) in [6, 6.07) is 25.5. The lowest BCUT2D eigenvalue weighted by molar-refractivity contribution is 0.211. The van der Waals surface area contributed by atoms with E-state index in [2.05, 4.69) is 82.4 Å². The van der Waals surface area contributed by atoms with Crippen molar-refractivity contribution in [3.63, 3.8) is 0 Å². The van der Waals surface area contributed by atoms with Crippen LogP contribution < -0.4 is 46.7 Å². The van der Waals surface area contributed by atoms with E-state index < -0.39 is 0 Å². The normalized spacial score (nSPS) is 17.7. The Hall–Kier alpha value is -5.71. The molecule has 2 aliphatic heterocycles. The highest BCUT2D eigenvalue weighted by molar-refractivity contribution is 6.32. The van der Waals surface area contributed by atoms with E-state index in [1.165, 1.54) is 69.8 Å². The quantitative estimate of drug-likeness (QED) is 0.0463. The van der Waals surface area contributed by atoms with Gasteiger partial charge in [-0.1, -0.05) is 101 Å². The van der Waals surface area contributed by atoms with Crippen molar-refractivity contribution >= 4 is 58.7 Å². The van der Waals surface area contributed by atoms with Gasteiger partial charge in [0.05, 0.1) is 19.2 Å². The molecule has 2 aliphatic carbocycles. The number of halogens is 1. The van der Waals surface area contributed by atoms with Crippen molar-refractivity contribution in [1.29, 1.82) is 0 Å². The molecule has 0 unspecified atom stereocenters. The Morgan fingerprint density at radius 2 is 0.971 bits per heavy atom. The molecule has 0 radical (unpaired) electrons. The van der Waals surface area contributed by atoms with Gasteiger partial charge in [-0.15, -0.1) is 0 Å². The molecule has 16 nitrogen and oxygen atoms in total. The van der Waals surface area contributed by atoms with Crippen molar-refractivity contribution in [2.75, 3.05) is 72.3 Å². The lowest BCUT2D eigenvalue weighted by atomic mass is 10.0. The third kappa shape index (κ3) is 16.5. The number of piperidine rings is 2. The molecule has 2 aromatic heterocycles. The summed E-state index contributed by atoms with van der Waals surface area (Å²) in [6.07, 6.45) is 19.1. The van der Waals surface area contributed by atoms with E-state index in [4.69, 9.17) is 41.0 Å². The number of likely N-dealkylation sites (tertiary alicyclic amines) is 1. The summed E-state index contributed by atoms with van der Waals surface area (Å²) in [5.41, 5.74) is 3.07. The van der Waals surface area contributed by atoms with Crippen LogP contribution in [0.5, 0.6) is 11.5 Å².